The van der Waals surface area contributed by atoms with Gasteiger partial charge in [-0.15, -0.1) is 0 Å². The van der Waals surface area contributed by atoms with Crippen LogP contribution in [0.25, 0.3) is 0 Å². The number of hydrogen-bond donors (Lipinski definition) is 7. The monoisotopic (exact) mass is 750 g/mol. The number of carbonyl (C=O) groups is 1. The zero-order valence-electron chi connectivity index (χ0n) is 32.7. The fourth-order valence-electron chi connectivity index (χ4n) is 13.4. The number of carboxylic acid groups (broad SMARTS) is 1. The first kappa shape index (κ1) is 40.0. The second-order valence-electron chi connectivity index (χ2n) is 20.2. The van der Waals surface area contributed by atoms with Crippen LogP contribution in [0.5, 0.6) is 0 Å². The molecule has 53 heavy (non-hydrogen) atoms. The van der Waals surface area contributed by atoms with Crippen LogP contribution < -0.4 is 0 Å². The number of aliphatic hydroxyl groups is 6. The molecule has 0 aromatic rings. The fourth-order valence-corrected chi connectivity index (χ4v) is 13.4. The topological polar surface area (TPSA) is 196 Å². The molecule has 2 saturated heterocycles. The van der Waals surface area contributed by atoms with E-state index in [0.717, 1.165) is 57.8 Å². The van der Waals surface area contributed by atoms with Crippen LogP contribution in [0.4, 0.5) is 0 Å². The van der Waals surface area contributed by atoms with E-state index in [1.54, 1.807) is 0 Å². The Balaban J connectivity index is 1.09. The van der Waals surface area contributed by atoms with Gasteiger partial charge in [-0.05, 0) is 109 Å². The first-order valence-electron chi connectivity index (χ1n) is 20.2. The molecule has 0 bridgehead atoms. The van der Waals surface area contributed by atoms with Crippen LogP contribution in [0.15, 0.2) is 11.6 Å². The van der Waals surface area contributed by atoms with E-state index in [0.29, 0.717) is 18.3 Å². The Bertz CT molecular complexity index is 1430. The van der Waals surface area contributed by atoms with Crippen LogP contribution in [0.1, 0.15) is 113 Å². The second-order valence-corrected chi connectivity index (χ2v) is 20.2. The number of aliphatic carboxylic acids is 1. The summed E-state index contributed by atoms with van der Waals surface area (Å²) >= 11 is 0. The Morgan fingerprint density at radius 1 is 0.811 bits per heavy atom. The van der Waals surface area contributed by atoms with Gasteiger partial charge in [-0.25, -0.2) is 0 Å². The van der Waals surface area contributed by atoms with Crippen molar-refractivity contribution in [3.05, 3.63) is 11.6 Å². The molecule has 0 radical (unpaired) electrons. The van der Waals surface area contributed by atoms with Crippen molar-refractivity contribution < 1.29 is 59.5 Å². The molecule has 5 aliphatic carbocycles. The summed E-state index contributed by atoms with van der Waals surface area (Å²) < 4.78 is 23.8. The molecule has 7 aliphatic rings. The molecule has 0 amide bonds. The van der Waals surface area contributed by atoms with Crippen molar-refractivity contribution >= 4 is 5.97 Å². The number of aliphatic hydroxyl groups excluding tert-OH is 6. The first-order valence-corrected chi connectivity index (χ1v) is 20.2. The van der Waals surface area contributed by atoms with E-state index in [1.807, 2.05) is 0 Å². The van der Waals surface area contributed by atoms with E-state index in [-0.39, 0.29) is 45.7 Å². The van der Waals surface area contributed by atoms with Crippen molar-refractivity contribution in [2.75, 3.05) is 13.2 Å². The largest absolute Gasteiger partial charge is 0.481 e. The number of allylic oxidation sites excluding steroid dienone is 2. The van der Waals surface area contributed by atoms with E-state index in [1.165, 1.54) is 5.57 Å². The molecule has 2 heterocycles. The third-order valence-corrected chi connectivity index (χ3v) is 16.9. The molecule has 6 fully saturated rings. The van der Waals surface area contributed by atoms with Crippen LogP contribution in [0.2, 0.25) is 0 Å². The molecule has 0 aromatic heterocycles. The van der Waals surface area contributed by atoms with Crippen molar-refractivity contribution in [3.63, 3.8) is 0 Å². The van der Waals surface area contributed by atoms with Crippen molar-refractivity contribution in [2.45, 2.75) is 174 Å². The molecule has 12 heteroatoms. The van der Waals surface area contributed by atoms with Gasteiger partial charge in [0.05, 0.1) is 24.7 Å². The smallest absolute Gasteiger partial charge is 0.310 e. The lowest BCUT2D eigenvalue weighted by molar-refractivity contribution is -0.360. The fraction of sp³-hybridized carbons (Fsp3) is 0.927. The summed E-state index contributed by atoms with van der Waals surface area (Å²) in [5.74, 6) is 0.150. The summed E-state index contributed by atoms with van der Waals surface area (Å²) in [6, 6.07) is 0. The molecule has 2 aliphatic heterocycles. The summed E-state index contributed by atoms with van der Waals surface area (Å²) in [6.45, 7) is 15.6. The molecular formula is C41H66O12. The molecule has 12 nitrogen and oxygen atoms in total. The second kappa shape index (κ2) is 13.5. The zero-order chi connectivity index (χ0) is 38.7. The van der Waals surface area contributed by atoms with E-state index in [4.69, 9.17) is 18.9 Å². The van der Waals surface area contributed by atoms with Gasteiger partial charge in [-0.2, -0.15) is 0 Å². The van der Waals surface area contributed by atoms with Gasteiger partial charge in [0.25, 0.3) is 0 Å². The maximum absolute atomic E-state index is 13.0. The molecule has 0 spiro atoms. The Morgan fingerprint density at radius 2 is 1.49 bits per heavy atom. The number of fused-ring (bicyclic) bond motifs is 7. The lowest BCUT2D eigenvalue weighted by Gasteiger charge is -2.71. The molecule has 4 saturated carbocycles. The highest BCUT2D eigenvalue weighted by Crippen LogP contribution is 2.76. The molecule has 0 unspecified atom stereocenters. The van der Waals surface area contributed by atoms with Gasteiger partial charge in [0.1, 0.15) is 42.7 Å². The first-order chi connectivity index (χ1) is 24.7. The molecule has 17 atom stereocenters. The minimum absolute atomic E-state index is 0.00827. The number of carboxylic acids is 1. The van der Waals surface area contributed by atoms with E-state index < -0.39 is 73.3 Å². The predicted molar refractivity (Wildman–Crippen MR) is 192 cm³/mol. The third-order valence-electron chi connectivity index (χ3n) is 16.9. The lowest BCUT2D eigenvalue weighted by Crippen LogP contribution is -2.66. The van der Waals surface area contributed by atoms with E-state index >= 15 is 0 Å². The van der Waals surface area contributed by atoms with Crippen molar-refractivity contribution in [3.8, 4) is 0 Å². The maximum atomic E-state index is 13.0. The molecule has 0 aromatic carbocycles. The van der Waals surface area contributed by atoms with Gasteiger partial charge in [0.15, 0.2) is 12.6 Å². The summed E-state index contributed by atoms with van der Waals surface area (Å²) in [6.07, 6.45) is -1.62. The van der Waals surface area contributed by atoms with Crippen molar-refractivity contribution in [1.29, 1.82) is 0 Å². The van der Waals surface area contributed by atoms with E-state index in [2.05, 4.69) is 54.5 Å². The third kappa shape index (κ3) is 5.94. The van der Waals surface area contributed by atoms with Crippen LogP contribution in [0.3, 0.4) is 0 Å². The average Bonchev–Trinajstić information content (AvgIpc) is 3.09. The number of ether oxygens (including phenoxy) is 4. The molecule has 7 N–H and O–H groups in total. The Kier molecular flexibility index (Phi) is 10.2. The molecular weight excluding hydrogens is 684 g/mol. The zero-order valence-corrected chi connectivity index (χ0v) is 32.7. The van der Waals surface area contributed by atoms with Gasteiger partial charge in [-0.1, -0.05) is 60.1 Å². The number of rotatable bonds is 6. The Morgan fingerprint density at radius 3 is 2.17 bits per heavy atom. The average molecular weight is 751 g/mol. The highest BCUT2D eigenvalue weighted by molar-refractivity contribution is 5.76. The van der Waals surface area contributed by atoms with Crippen LogP contribution in [0, 0.1) is 50.2 Å². The van der Waals surface area contributed by atoms with Gasteiger partial charge in [-0.3, -0.25) is 4.79 Å². The van der Waals surface area contributed by atoms with Crippen LogP contribution in [-0.4, -0.2) is 116 Å². The Labute approximate surface area is 314 Å². The standard InChI is InChI=1S/C41H66O12/c1-36(2)14-16-41(35(48)49)17-15-39(6)21(22(41)18-36)8-9-26-38(5)12-11-27(37(3,4)25(38)10-13-40(26,39)7)52-34-31(47)29(45)32(24(19-42)51-34)53-33-30(46)28(44)23(43)20-50-33/h8,22-34,42-47H,9-20H2,1-7H3,(H,48,49)/t22-,23-,24+,25+,26-,27-,28-,29+,30+,31+,32+,33-,34-,38-,39+,40+,41-/m0/s1. The van der Waals surface area contributed by atoms with Crippen LogP contribution in [-0.2, 0) is 23.7 Å². The van der Waals surface area contributed by atoms with Gasteiger partial charge < -0.3 is 54.7 Å². The van der Waals surface area contributed by atoms with Crippen LogP contribution >= 0.6 is 0 Å². The quantitative estimate of drug-likeness (QED) is 0.155. The predicted octanol–water partition coefficient (Wildman–Crippen LogP) is 3.52. The minimum atomic E-state index is -1.62. The highest BCUT2D eigenvalue weighted by atomic mass is 16.7. The van der Waals surface area contributed by atoms with E-state index in [9.17, 15) is 40.5 Å². The lowest BCUT2D eigenvalue weighted by atomic mass is 9.33. The van der Waals surface area contributed by atoms with Crippen molar-refractivity contribution in [2.24, 2.45) is 50.2 Å². The van der Waals surface area contributed by atoms with Gasteiger partial charge >= 0.3 is 5.97 Å². The highest BCUT2D eigenvalue weighted by Gasteiger charge is 2.69. The Hall–Kier alpha value is -1.19. The number of hydrogen-bond acceptors (Lipinski definition) is 11. The summed E-state index contributed by atoms with van der Waals surface area (Å²) in [4.78, 5) is 13.0. The van der Waals surface area contributed by atoms with Gasteiger partial charge in [0, 0.05) is 0 Å². The van der Waals surface area contributed by atoms with Gasteiger partial charge in [0.2, 0.25) is 0 Å². The SMILES string of the molecule is CC1(C)CC[C@]2(C(=O)O)CC[C@]3(C)C(=CC[C@H]4[C@@]5(C)CC[C@H](O[C@@H]6O[C@H](CO)[C@@H](O[C@@H]7OC[C@H](O)[C@H](O)[C@H]7O)[C@H](O)[C@H]6O)C(C)(C)[C@H]5CC[C@]43C)[C@@H]2C1. The summed E-state index contributed by atoms with van der Waals surface area (Å²) in [5.41, 5.74) is 0.457. The van der Waals surface area contributed by atoms with Crippen molar-refractivity contribution in [1.82, 2.24) is 0 Å². The maximum Gasteiger partial charge on any atom is 0.310 e. The minimum Gasteiger partial charge on any atom is -0.481 e. The summed E-state index contributed by atoms with van der Waals surface area (Å²) in [5, 5.41) is 73.8. The molecule has 7 rings (SSSR count). The normalized spacial score (nSPS) is 53.3. The summed E-state index contributed by atoms with van der Waals surface area (Å²) in [7, 11) is 0. The molecule has 302 valence electrons.